The van der Waals surface area contributed by atoms with Crippen LogP contribution < -0.4 is 0 Å². The number of hydrogen-bond donors (Lipinski definition) is 0. The SMILES string of the molecule is CCCN1CCC(C(C)(C)[C@H]2C[C@@H](N3CCN(C)CC3)C2)C1. The van der Waals surface area contributed by atoms with Crippen LogP contribution in [0.1, 0.15) is 46.5 Å². The third-order valence-corrected chi connectivity index (χ3v) is 7.08. The molecular weight excluding hydrogens is 270 g/mol. The van der Waals surface area contributed by atoms with Gasteiger partial charge in [0, 0.05) is 38.8 Å². The molecule has 2 saturated heterocycles. The van der Waals surface area contributed by atoms with Crippen molar-refractivity contribution in [2.24, 2.45) is 17.3 Å². The van der Waals surface area contributed by atoms with Crippen molar-refractivity contribution in [1.82, 2.24) is 14.7 Å². The van der Waals surface area contributed by atoms with Gasteiger partial charge in [-0.05, 0) is 63.1 Å². The molecule has 2 heterocycles. The van der Waals surface area contributed by atoms with Crippen LogP contribution in [0.5, 0.6) is 0 Å². The molecule has 1 atom stereocenters. The highest BCUT2D eigenvalue weighted by atomic mass is 15.3. The lowest BCUT2D eigenvalue weighted by Gasteiger charge is -2.53. The van der Waals surface area contributed by atoms with Crippen molar-refractivity contribution >= 4 is 0 Å². The third-order valence-electron chi connectivity index (χ3n) is 7.08. The van der Waals surface area contributed by atoms with E-state index in [4.69, 9.17) is 0 Å². The Kier molecular flexibility index (Phi) is 5.16. The molecule has 3 rings (SSSR count). The summed E-state index contributed by atoms with van der Waals surface area (Å²) in [6, 6.07) is 0.895. The molecule has 3 heteroatoms. The maximum atomic E-state index is 2.77. The molecule has 0 N–H and O–H groups in total. The summed E-state index contributed by atoms with van der Waals surface area (Å²) in [7, 11) is 2.26. The Morgan fingerprint density at radius 3 is 2.27 bits per heavy atom. The van der Waals surface area contributed by atoms with Crippen LogP contribution in [0.3, 0.4) is 0 Å². The van der Waals surface area contributed by atoms with Gasteiger partial charge in [0.15, 0.2) is 0 Å². The predicted octanol–water partition coefficient (Wildman–Crippen LogP) is 2.77. The van der Waals surface area contributed by atoms with Crippen molar-refractivity contribution < 1.29 is 0 Å². The first-order chi connectivity index (χ1) is 10.5. The second-order valence-corrected chi connectivity index (χ2v) is 8.77. The van der Waals surface area contributed by atoms with Gasteiger partial charge in [-0.1, -0.05) is 20.8 Å². The molecule has 128 valence electrons. The molecule has 2 aliphatic heterocycles. The summed E-state index contributed by atoms with van der Waals surface area (Å²) >= 11 is 0. The maximum Gasteiger partial charge on any atom is 0.0113 e. The highest BCUT2D eigenvalue weighted by Gasteiger charge is 2.47. The standard InChI is InChI=1S/C19H37N3/c1-5-7-21-8-6-16(15-21)19(2,3)17-13-18(14-17)22-11-9-20(4)10-12-22/h16-18H,5-15H2,1-4H3/t16?,17-,18+. The summed E-state index contributed by atoms with van der Waals surface area (Å²) in [5.41, 5.74) is 0.547. The van der Waals surface area contributed by atoms with E-state index in [1.807, 2.05) is 0 Å². The van der Waals surface area contributed by atoms with Gasteiger partial charge in [0.1, 0.15) is 0 Å². The molecule has 0 spiro atoms. The number of piperazine rings is 1. The average molecular weight is 308 g/mol. The molecular formula is C19H37N3. The van der Waals surface area contributed by atoms with Crippen LogP contribution in [0.25, 0.3) is 0 Å². The fourth-order valence-corrected chi connectivity index (χ4v) is 4.97. The number of likely N-dealkylation sites (tertiary alicyclic amines) is 1. The smallest absolute Gasteiger partial charge is 0.0113 e. The Balaban J connectivity index is 1.47. The van der Waals surface area contributed by atoms with Gasteiger partial charge < -0.3 is 9.80 Å². The van der Waals surface area contributed by atoms with Crippen LogP contribution in [-0.2, 0) is 0 Å². The highest BCUT2D eigenvalue weighted by molar-refractivity contribution is 4.99. The molecule has 3 aliphatic rings. The Hall–Kier alpha value is -0.120. The van der Waals surface area contributed by atoms with Crippen LogP contribution in [0, 0.1) is 17.3 Å². The topological polar surface area (TPSA) is 9.72 Å². The summed E-state index contributed by atoms with van der Waals surface area (Å²) < 4.78 is 0. The van der Waals surface area contributed by atoms with Crippen molar-refractivity contribution in [3.63, 3.8) is 0 Å². The average Bonchev–Trinajstić information content (AvgIpc) is 2.89. The van der Waals surface area contributed by atoms with Gasteiger partial charge in [-0.2, -0.15) is 0 Å². The molecule has 1 unspecified atom stereocenters. The first kappa shape index (κ1) is 16.7. The Labute approximate surface area is 138 Å². The highest BCUT2D eigenvalue weighted by Crippen LogP contribution is 2.50. The van der Waals surface area contributed by atoms with E-state index in [-0.39, 0.29) is 0 Å². The van der Waals surface area contributed by atoms with E-state index in [1.54, 1.807) is 0 Å². The van der Waals surface area contributed by atoms with Crippen molar-refractivity contribution in [3.8, 4) is 0 Å². The predicted molar refractivity (Wildman–Crippen MR) is 94.2 cm³/mol. The summed E-state index contributed by atoms with van der Waals surface area (Å²) in [4.78, 5) is 7.94. The van der Waals surface area contributed by atoms with Gasteiger partial charge >= 0.3 is 0 Å². The molecule has 3 nitrogen and oxygen atoms in total. The molecule has 0 aromatic carbocycles. The first-order valence-corrected chi connectivity index (χ1v) is 9.65. The Bertz CT molecular complexity index is 354. The summed E-state index contributed by atoms with van der Waals surface area (Å²) in [6.45, 7) is 16.6. The van der Waals surface area contributed by atoms with Gasteiger partial charge in [0.05, 0.1) is 0 Å². The molecule has 3 fully saturated rings. The fourth-order valence-electron chi connectivity index (χ4n) is 4.97. The number of likely N-dealkylation sites (N-methyl/N-ethyl adjacent to an activating group) is 1. The van der Waals surface area contributed by atoms with E-state index in [1.165, 1.54) is 71.5 Å². The van der Waals surface area contributed by atoms with E-state index < -0.39 is 0 Å². The van der Waals surface area contributed by atoms with Crippen LogP contribution in [0.15, 0.2) is 0 Å². The van der Waals surface area contributed by atoms with Gasteiger partial charge in [-0.3, -0.25) is 4.90 Å². The maximum absolute atomic E-state index is 2.77. The minimum Gasteiger partial charge on any atom is -0.304 e. The quantitative estimate of drug-likeness (QED) is 0.773. The minimum atomic E-state index is 0.547. The van der Waals surface area contributed by atoms with Crippen LogP contribution >= 0.6 is 0 Å². The summed E-state index contributed by atoms with van der Waals surface area (Å²) in [5, 5.41) is 0. The van der Waals surface area contributed by atoms with E-state index in [9.17, 15) is 0 Å². The van der Waals surface area contributed by atoms with Crippen molar-refractivity contribution in [2.45, 2.75) is 52.5 Å². The summed E-state index contributed by atoms with van der Waals surface area (Å²) in [6.07, 6.45) is 5.66. The van der Waals surface area contributed by atoms with Gasteiger partial charge in [0.25, 0.3) is 0 Å². The lowest BCUT2D eigenvalue weighted by atomic mass is 9.59. The molecule has 0 aromatic heterocycles. The van der Waals surface area contributed by atoms with Gasteiger partial charge in [-0.15, -0.1) is 0 Å². The van der Waals surface area contributed by atoms with Gasteiger partial charge in [-0.25, -0.2) is 0 Å². The monoisotopic (exact) mass is 307 g/mol. The third kappa shape index (κ3) is 3.37. The molecule has 0 amide bonds. The Morgan fingerprint density at radius 1 is 0.955 bits per heavy atom. The lowest BCUT2D eigenvalue weighted by Crippen LogP contribution is -2.56. The summed E-state index contributed by atoms with van der Waals surface area (Å²) in [5.74, 6) is 1.89. The fraction of sp³-hybridized carbons (Fsp3) is 1.00. The van der Waals surface area contributed by atoms with Crippen LogP contribution in [0.2, 0.25) is 0 Å². The molecule has 0 aromatic rings. The normalized spacial score (nSPS) is 35.7. The second-order valence-electron chi connectivity index (χ2n) is 8.77. The zero-order chi connectivity index (χ0) is 15.7. The molecule has 0 radical (unpaired) electrons. The van der Waals surface area contributed by atoms with Crippen LogP contribution in [-0.4, -0.2) is 73.6 Å². The second kappa shape index (κ2) is 6.78. The molecule has 0 bridgehead atoms. The van der Waals surface area contributed by atoms with Gasteiger partial charge in [0.2, 0.25) is 0 Å². The zero-order valence-corrected chi connectivity index (χ0v) is 15.4. The van der Waals surface area contributed by atoms with E-state index >= 15 is 0 Å². The zero-order valence-electron chi connectivity index (χ0n) is 15.4. The number of rotatable bonds is 5. The van der Waals surface area contributed by atoms with E-state index in [2.05, 4.69) is 42.5 Å². The van der Waals surface area contributed by atoms with Crippen LogP contribution in [0.4, 0.5) is 0 Å². The van der Waals surface area contributed by atoms with Crippen molar-refractivity contribution in [3.05, 3.63) is 0 Å². The van der Waals surface area contributed by atoms with E-state index in [0.717, 1.165) is 17.9 Å². The minimum absolute atomic E-state index is 0.547. The number of nitrogens with zero attached hydrogens (tertiary/aromatic N) is 3. The largest absolute Gasteiger partial charge is 0.304 e. The molecule has 22 heavy (non-hydrogen) atoms. The van der Waals surface area contributed by atoms with Crippen molar-refractivity contribution in [1.29, 1.82) is 0 Å². The lowest BCUT2D eigenvalue weighted by molar-refractivity contribution is -0.0277. The van der Waals surface area contributed by atoms with Crippen molar-refractivity contribution in [2.75, 3.05) is 52.9 Å². The molecule has 1 aliphatic carbocycles. The number of hydrogen-bond acceptors (Lipinski definition) is 3. The first-order valence-electron chi connectivity index (χ1n) is 9.65. The Morgan fingerprint density at radius 2 is 1.64 bits per heavy atom. The van der Waals surface area contributed by atoms with E-state index in [0.29, 0.717) is 5.41 Å². The molecule has 1 saturated carbocycles.